The molecule has 0 spiro atoms. The summed E-state index contributed by atoms with van der Waals surface area (Å²) in [6.07, 6.45) is 5.50. The van der Waals surface area contributed by atoms with Crippen molar-refractivity contribution in [2.75, 3.05) is 19.6 Å². The van der Waals surface area contributed by atoms with Crippen LogP contribution in [0.1, 0.15) is 53.4 Å². The van der Waals surface area contributed by atoms with Gasteiger partial charge in [-0.05, 0) is 50.2 Å². The van der Waals surface area contributed by atoms with Crippen molar-refractivity contribution in [2.45, 2.75) is 53.4 Å². The minimum absolute atomic E-state index is 0.614. The largest absolute Gasteiger partial charge is 0.303 e. The van der Waals surface area contributed by atoms with Crippen molar-refractivity contribution in [3.8, 4) is 0 Å². The molecule has 1 heteroatoms. The van der Waals surface area contributed by atoms with E-state index in [4.69, 9.17) is 0 Å². The Morgan fingerprint density at radius 2 is 1.79 bits per heavy atom. The van der Waals surface area contributed by atoms with E-state index in [1.807, 2.05) is 0 Å². The SMILES string of the molecule is CCCCN1CCC(C)(C(C)C)CC1. The molecule has 84 valence electrons. The van der Waals surface area contributed by atoms with Gasteiger partial charge in [0.1, 0.15) is 0 Å². The molecule has 1 nitrogen and oxygen atoms in total. The van der Waals surface area contributed by atoms with Crippen LogP contribution in [0.3, 0.4) is 0 Å². The summed E-state index contributed by atoms with van der Waals surface area (Å²) in [6.45, 7) is 13.5. The second kappa shape index (κ2) is 5.16. The summed E-state index contributed by atoms with van der Waals surface area (Å²) >= 11 is 0. The van der Waals surface area contributed by atoms with Gasteiger partial charge in [-0.15, -0.1) is 0 Å². The minimum Gasteiger partial charge on any atom is -0.303 e. The molecule has 0 unspecified atom stereocenters. The van der Waals surface area contributed by atoms with E-state index < -0.39 is 0 Å². The molecule has 0 aromatic carbocycles. The normalized spacial score (nSPS) is 22.9. The molecule has 0 N–H and O–H groups in total. The lowest BCUT2D eigenvalue weighted by Crippen LogP contribution is -2.41. The molecule has 0 aliphatic carbocycles. The van der Waals surface area contributed by atoms with Gasteiger partial charge >= 0.3 is 0 Å². The highest BCUT2D eigenvalue weighted by Crippen LogP contribution is 2.37. The molecule has 0 amide bonds. The van der Waals surface area contributed by atoms with Crippen LogP contribution < -0.4 is 0 Å². The zero-order valence-electron chi connectivity index (χ0n) is 10.5. The smallest absolute Gasteiger partial charge is 0.00134 e. The lowest BCUT2D eigenvalue weighted by molar-refractivity contribution is 0.0776. The van der Waals surface area contributed by atoms with Crippen LogP contribution in [0.25, 0.3) is 0 Å². The molecule has 0 atom stereocenters. The first kappa shape index (κ1) is 12.0. The van der Waals surface area contributed by atoms with Crippen LogP contribution >= 0.6 is 0 Å². The molecule has 1 heterocycles. The number of hydrogen-bond acceptors (Lipinski definition) is 1. The van der Waals surface area contributed by atoms with E-state index >= 15 is 0 Å². The van der Waals surface area contributed by atoms with E-state index in [1.54, 1.807) is 0 Å². The number of hydrogen-bond donors (Lipinski definition) is 0. The highest BCUT2D eigenvalue weighted by Gasteiger charge is 2.32. The Kier molecular flexibility index (Phi) is 4.43. The van der Waals surface area contributed by atoms with Crippen LogP contribution in [0.15, 0.2) is 0 Å². The van der Waals surface area contributed by atoms with Gasteiger partial charge in [0.2, 0.25) is 0 Å². The highest BCUT2D eigenvalue weighted by atomic mass is 15.1. The summed E-state index contributed by atoms with van der Waals surface area (Å²) in [5.41, 5.74) is 0.614. The summed E-state index contributed by atoms with van der Waals surface area (Å²) < 4.78 is 0. The fraction of sp³-hybridized carbons (Fsp3) is 1.00. The lowest BCUT2D eigenvalue weighted by Gasteiger charge is -2.42. The van der Waals surface area contributed by atoms with E-state index in [9.17, 15) is 0 Å². The quantitative estimate of drug-likeness (QED) is 0.666. The second-order valence-electron chi connectivity index (χ2n) is 5.50. The number of unbranched alkanes of at least 4 members (excludes halogenated alkanes) is 1. The molecule has 14 heavy (non-hydrogen) atoms. The fourth-order valence-electron chi connectivity index (χ4n) is 2.25. The Morgan fingerprint density at radius 1 is 1.21 bits per heavy atom. The molecule has 0 saturated carbocycles. The first-order chi connectivity index (χ1) is 6.58. The molecule has 1 saturated heterocycles. The van der Waals surface area contributed by atoms with Gasteiger partial charge in [0.05, 0.1) is 0 Å². The maximum Gasteiger partial charge on any atom is -0.00134 e. The van der Waals surface area contributed by atoms with Crippen LogP contribution in [-0.4, -0.2) is 24.5 Å². The van der Waals surface area contributed by atoms with Crippen LogP contribution in [0.5, 0.6) is 0 Å². The zero-order chi connectivity index (χ0) is 10.6. The molecule has 1 rings (SSSR count). The topological polar surface area (TPSA) is 3.24 Å². The lowest BCUT2D eigenvalue weighted by atomic mass is 9.72. The molecule has 0 radical (unpaired) electrons. The monoisotopic (exact) mass is 197 g/mol. The molecule has 0 aromatic rings. The van der Waals surface area contributed by atoms with Crippen molar-refractivity contribution < 1.29 is 0 Å². The van der Waals surface area contributed by atoms with Gasteiger partial charge in [0.25, 0.3) is 0 Å². The standard InChI is InChI=1S/C13H27N/c1-5-6-9-14-10-7-13(4,8-11-14)12(2)3/h12H,5-11H2,1-4H3. The second-order valence-corrected chi connectivity index (χ2v) is 5.50. The van der Waals surface area contributed by atoms with Crippen molar-refractivity contribution in [2.24, 2.45) is 11.3 Å². The maximum absolute atomic E-state index is 2.65. The van der Waals surface area contributed by atoms with Gasteiger partial charge in [0.15, 0.2) is 0 Å². The Balaban J connectivity index is 2.30. The fourth-order valence-corrected chi connectivity index (χ4v) is 2.25. The number of nitrogens with zero attached hydrogens (tertiary/aromatic N) is 1. The van der Waals surface area contributed by atoms with E-state index in [0.29, 0.717) is 5.41 Å². The maximum atomic E-state index is 2.65. The summed E-state index contributed by atoms with van der Waals surface area (Å²) in [7, 11) is 0. The van der Waals surface area contributed by atoms with Gasteiger partial charge in [-0.25, -0.2) is 0 Å². The molecular formula is C13H27N. The first-order valence-corrected chi connectivity index (χ1v) is 6.31. The van der Waals surface area contributed by atoms with E-state index in [0.717, 1.165) is 5.92 Å². The minimum atomic E-state index is 0.614. The Bertz CT molecular complexity index is 155. The van der Waals surface area contributed by atoms with Gasteiger partial charge in [-0.2, -0.15) is 0 Å². The van der Waals surface area contributed by atoms with Crippen LogP contribution in [-0.2, 0) is 0 Å². The first-order valence-electron chi connectivity index (χ1n) is 6.31. The highest BCUT2D eigenvalue weighted by molar-refractivity contribution is 4.84. The summed E-state index contributed by atoms with van der Waals surface area (Å²) in [5, 5.41) is 0. The Labute approximate surface area is 89.9 Å². The van der Waals surface area contributed by atoms with Crippen molar-refractivity contribution >= 4 is 0 Å². The predicted molar refractivity (Wildman–Crippen MR) is 63.5 cm³/mol. The van der Waals surface area contributed by atoms with Crippen molar-refractivity contribution in [1.82, 2.24) is 4.90 Å². The molecule has 0 aromatic heterocycles. The third-order valence-corrected chi connectivity index (χ3v) is 4.22. The average Bonchev–Trinajstić information content (AvgIpc) is 2.17. The third-order valence-electron chi connectivity index (χ3n) is 4.22. The van der Waals surface area contributed by atoms with Crippen molar-refractivity contribution in [3.63, 3.8) is 0 Å². The number of piperidine rings is 1. The summed E-state index contributed by atoms with van der Waals surface area (Å²) in [4.78, 5) is 2.65. The van der Waals surface area contributed by atoms with Gasteiger partial charge < -0.3 is 4.90 Å². The van der Waals surface area contributed by atoms with Gasteiger partial charge in [-0.3, -0.25) is 0 Å². The zero-order valence-corrected chi connectivity index (χ0v) is 10.5. The Hall–Kier alpha value is -0.0400. The van der Waals surface area contributed by atoms with E-state index in [1.165, 1.54) is 45.3 Å². The predicted octanol–water partition coefficient (Wildman–Crippen LogP) is 3.54. The summed E-state index contributed by atoms with van der Waals surface area (Å²) in [6, 6.07) is 0. The molecule has 1 aliphatic rings. The van der Waals surface area contributed by atoms with Crippen molar-refractivity contribution in [1.29, 1.82) is 0 Å². The van der Waals surface area contributed by atoms with Gasteiger partial charge in [-0.1, -0.05) is 34.1 Å². The van der Waals surface area contributed by atoms with Crippen LogP contribution in [0.4, 0.5) is 0 Å². The van der Waals surface area contributed by atoms with Gasteiger partial charge in [0, 0.05) is 0 Å². The average molecular weight is 197 g/mol. The van der Waals surface area contributed by atoms with Crippen LogP contribution in [0.2, 0.25) is 0 Å². The van der Waals surface area contributed by atoms with E-state index in [2.05, 4.69) is 32.6 Å². The van der Waals surface area contributed by atoms with Crippen LogP contribution in [0, 0.1) is 11.3 Å². The van der Waals surface area contributed by atoms with Crippen molar-refractivity contribution in [3.05, 3.63) is 0 Å². The number of rotatable bonds is 4. The Morgan fingerprint density at radius 3 is 2.21 bits per heavy atom. The molecular weight excluding hydrogens is 170 g/mol. The number of likely N-dealkylation sites (tertiary alicyclic amines) is 1. The third kappa shape index (κ3) is 2.98. The summed E-state index contributed by atoms with van der Waals surface area (Å²) in [5.74, 6) is 0.843. The molecule has 1 aliphatic heterocycles. The van der Waals surface area contributed by atoms with E-state index in [-0.39, 0.29) is 0 Å². The molecule has 0 bridgehead atoms. The molecule has 1 fully saturated rings.